The van der Waals surface area contributed by atoms with Crippen molar-refractivity contribution in [2.45, 2.75) is 45.8 Å². The van der Waals surface area contributed by atoms with Gasteiger partial charge in [-0.25, -0.2) is 0 Å². The summed E-state index contributed by atoms with van der Waals surface area (Å²) >= 11 is 0. The normalized spacial score (nSPS) is 21.6. The summed E-state index contributed by atoms with van der Waals surface area (Å²) in [4.78, 5) is 2.57. The highest BCUT2D eigenvalue weighted by atomic mass is 15.2. The van der Waals surface area contributed by atoms with Gasteiger partial charge in [-0.3, -0.25) is 4.90 Å². The Kier molecular flexibility index (Phi) is 3.62. The minimum absolute atomic E-state index is 0.640. The first kappa shape index (κ1) is 11.6. The summed E-state index contributed by atoms with van der Waals surface area (Å²) < 4.78 is 0. The van der Waals surface area contributed by atoms with Crippen LogP contribution in [-0.4, -0.2) is 17.5 Å². The zero-order valence-electron chi connectivity index (χ0n) is 10.4. The molecule has 0 radical (unpaired) electrons. The summed E-state index contributed by atoms with van der Waals surface area (Å²) in [6, 6.07) is 7.36. The van der Waals surface area contributed by atoms with Crippen LogP contribution in [0.1, 0.15) is 36.5 Å². The Morgan fingerprint density at radius 2 is 2.25 bits per heavy atom. The van der Waals surface area contributed by atoms with Crippen LogP contribution in [0.2, 0.25) is 0 Å². The van der Waals surface area contributed by atoms with Gasteiger partial charge in [0.2, 0.25) is 0 Å². The van der Waals surface area contributed by atoms with Gasteiger partial charge in [0, 0.05) is 19.1 Å². The monoisotopic (exact) mass is 218 g/mol. The minimum atomic E-state index is 0.640. The van der Waals surface area contributed by atoms with Gasteiger partial charge >= 0.3 is 0 Å². The van der Waals surface area contributed by atoms with Gasteiger partial charge in [-0.1, -0.05) is 18.2 Å². The molecule has 0 spiro atoms. The number of hydrogen-bond donors (Lipinski definition) is 1. The molecule has 1 aliphatic rings. The fourth-order valence-corrected chi connectivity index (χ4v) is 2.51. The van der Waals surface area contributed by atoms with Crippen molar-refractivity contribution < 1.29 is 0 Å². The Balaban J connectivity index is 2.09. The third kappa shape index (κ3) is 2.45. The van der Waals surface area contributed by atoms with Crippen LogP contribution in [0.3, 0.4) is 0 Å². The first-order chi connectivity index (χ1) is 7.70. The standard InChI is InChI=1S/C14H22N2/c1-11-8-13(9-15)5-6-14(11)10-16-7-3-4-12(16)2/h5-6,8,12H,3-4,7,9-10,15H2,1-2H3. The van der Waals surface area contributed by atoms with Crippen LogP contribution < -0.4 is 5.73 Å². The average molecular weight is 218 g/mol. The van der Waals surface area contributed by atoms with Crippen molar-refractivity contribution in [1.29, 1.82) is 0 Å². The van der Waals surface area contributed by atoms with E-state index in [1.54, 1.807) is 0 Å². The second-order valence-corrected chi connectivity index (χ2v) is 4.93. The molecule has 1 saturated heterocycles. The molecule has 1 atom stereocenters. The van der Waals surface area contributed by atoms with Crippen LogP contribution in [0.5, 0.6) is 0 Å². The lowest BCUT2D eigenvalue weighted by Crippen LogP contribution is -2.26. The summed E-state index contributed by atoms with van der Waals surface area (Å²) in [7, 11) is 0. The maximum atomic E-state index is 5.64. The van der Waals surface area contributed by atoms with E-state index >= 15 is 0 Å². The first-order valence-electron chi connectivity index (χ1n) is 6.23. The highest BCUT2D eigenvalue weighted by Crippen LogP contribution is 2.21. The molecular formula is C14H22N2. The van der Waals surface area contributed by atoms with Crippen LogP contribution in [0.25, 0.3) is 0 Å². The molecule has 0 aromatic heterocycles. The molecule has 0 saturated carbocycles. The third-order valence-electron chi connectivity index (χ3n) is 3.71. The van der Waals surface area contributed by atoms with Crippen molar-refractivity contribution in [3.63, 3.8) is 0 Å². The predicted molar refractivity (Wildman–Crippen MR) is 68.2 cm³/mol. The highest BCUT2D eigenvalue weighted by Gasteiger charge is 2.20. The fourth-order valence-electron chi connectivity index (χ4n) is 2.51. The van der Waals surface area contributed by atoms with Crippen LogP contribution in [0, 0.1) is 6.92 Å². The molecule has 1 aromatic carbocycles. The Hall–Kier alpha value is -0.860. The quantitative estimate of drug-likeness (QED) is 0.844. The summed E-state index contributed by atoms with van der Waals surface area (Å²) in [5, 5.41) is 0. The molecule has 1 fully saturated rings. The van der Waals surface area contributed by atoms with Gasteiger partial charge in [0.05, 0.1) is 0 Å². The fraction of sp³-hybridized carbons (Fsp3) is 0.571. The molecule has 16 heavy (non-hydrogen) atoms. The largest absolute Gasteiger partial charge is 0.326 e. The summed E-state index contributed by atoms with van der Waals surface area (Å²) in [5.41, 5.74) is 9.70. The zero-order chi connectivity index (χ0) is 11.5. The number of benzene rings is 1. The van der Waals surface area contributed by atoms with Gasteiger partial charge < -0.3 is 5.73 Å². The molecule has 2 rings (SSSR count). The lowest BCUT2D eigenvalue weighted by Gasteiger charge is -2.22. The number of nitrogens with two attached hydrogens (primary N) is 1. The van der Waals surface area contributed by atoms with E-state index in [1.165, 1.54) is 36.1 Å². The van der Waals surface area contributed by atoms with E-state index in [0.29, 0.717) is 6.54 Å². The van der Waals surface area contributed by atoms with Gasteiger partial charge in [0.15, 0.2) is 0 Å². The molecule has 1 unspecified atom stereocenters. The summed E-state index contributed by atoms with van der Waals surface area (Å²) in [6.07, 6.45) is 2.70. The molecule has 1 heterocycles. The van der Waals surface area contributed by atoms with Crippen LogP contribution >= 0.6 is 0 Å². The predicted octanol–water partition coefficient (Wildman–Crippen LogP) is 2.44. The Bertz CT molecular complexity index is 360. The Morgan fingerprint density at radius 1 is 1.44 bits per heavy atom. The Morgan fingerprint density at radius 3 is 2.81 bits per heavy atom. The summed E-state index contributed by atoms with van der Waals surface area (Å²) in [5.74, 6) is 0. The molecule has 1 aliphatic heterocycles. The number of likely N-dealkylation sites (tertiary alicyclic amines) is 1. The van der Waals surface area contributed by atoms with Gasteiger partial charge in [0.25, 0.3) is 0 Å². The Labute approximate surface area is 98.4 Å². The molecule has 88 valence electrons. The molecule has 1 aromatic rings. The van der Waals surface area contributed by atoms with E-state index in [-0.39, 0.29) is 0 Å². The zero-order valence-corrected chi connectivity index (χ0v) is 10.4. The van der Waals surface area contributed by atoms with E-state index in [2.05, 4.69) is 36.9 Å². The molecule has 2 N–H and O–H groups in total. The van der Waals surface area contributed by atoms with Crippen molar-refractivity contribution >= 4 is 0 Å². The number of hydrogen-bond acceptors (Lipinski definition) is 2. The maximum absolute atomic E-state index is 5.64. The van der Waals surface area contributed by atoms with Gasteiger partial charge in [-0.15, -0.1) is 0 Å². The topological polar surface area (TPSA) is 29.3 Å². The van der Waals surface area contributed by atoms with Gasteiger partial charge in [-0.05, 0) is 49.9 Å². The van der Waals surface area contributed by atoms with Crippen molar-refractivity contribution in [2.75, 3.05) is 6.54 Å². The highest BCUT2D eigenvalue weighted by molar-refractivity contribution is 5.31. The van der Waals surface area contributed by atoms with Gasteiger partial charge in [-0.2, -0.15) is 0 Å². The minimum Gasteiger partial charge on any atom is -0.326 e. The second-order valence-electron chi connectivity index (χ2n) is 4.93. The second kappa shape index (κ2) is 4.98. The number of aryl methyl sites for hydroxylation is 1. The van der Waals surface area contributed by atoms with Crippen LogP contribution in [0.15, 0.2) is 18.2 Å². The maximum Gasteiger partial charge on any atom is 0.0239 e. The molecule has 2 heteroatoms. The van der Waals surface area contributed by atoms with Crippen molar-refractivity contribution in [1.82, 2.24) is 4.90 Å². The van der Waals surface area contributed by atoms with E-state index in [9.17, 15) is 0 Å². The SMILES string of the molecule is Cc1cc(CN)ccc1CN1CCCC1C. The van der Waals surface area contributed by atoms with Crippen LogP contribution in [-0.2, 0) is 13.1 Å². The lowest BCUT2D eigenvalue weighted by molar-refractivity contribution is 0.260. The molecule has 2 nitrogen and oxygen atoms in total. The van der Waals surface area contributed by atoms with Crippen molar-refractivity contribution in [2.24, 2.45) is 5.73 Å². The number of nitrogens with zero attached hydrogens (tertiary/aromatic N) is 1. The van der Waals surface area contributed by atoms with Crippen molar-refractivity contribution in [3.05, 3.63) is 34.9 Å². The number of rotatable bonds is 3. The summed E-state index contributed by atoms with van der Waals surface area (Å²) in [6.45, 7) is 7.50. The van der Waals surface area contributed by atoms with E-state index in [0.717, 1.165) is 12.6 Å². The van der Waals surface area contributed by atoms with Crippen molar-refractivity contribution in [3.8, 4) is 0 Å². The molecular weight excluding hydrogens is 196 g/mol. The van der Waals surface area contributed by atoms with E-state index < -0.39 is 0 Å². The van der Waals surface area contributed by atoms with E-state index in [1.807, 2.05) is 0 Å². The smallest absolute Gasteiger partial charge is 0.0239 e. The van der Waals surface area contributed by atoms with E-state index in [4.69, 9.17) is 5.73 Å². The lowest BCUT2D eigenvalue weighted by atomic mass is 10.0. The molecule has 0 aliphatic carbocycles. The first-order valence-corrected chi connectivity index (χ1v) is 6.23. The molecule has 0 amide bonds. The molecule has 0 bridgehead atoms. The third-order valence-corrected chi connectivity index (χ3v) is 3.71. The average Bonchev–Trinajstić information content (AvgIpc) is 2.67. The van der Waals surface area contributed by atoms with Gasteiger partial charge in [0.1, 0.15) is 0 Å². The van der Waals surface area contributed by atoms with Crippen LogP contribution in [0.4, 0.5) is 0 Å².